The Hall–Kier alpha value is -3.30. The van der Waals surface area contributed by atoms with Crippen LogP contribution >= 0.6 is 0 Å². The van der Waals surface area contributed by atoms with Crippen molar-refractivity contribution in [3.05, 3.63) is 30.3 Å². The van der Waals surface area contributed by atoms with E-state index in [4.69, 9.17) is 5.73 Å². The normalized spacial score (nSPS) is 19.7. The predicted molar refractivity (Wildman–Crippen MR) is 134 cm³/mol. The summed E-state index contributed by atoms with van der Waals surface area (Å²) in [5.41, 5.74) is 6.27. The van der Waals surface area contributed by atoms with Gasteiger partial charge in [-0.2, -0.15) is 0 Å². The molecule has 192 valence electrons. The van der Waals surface area contributed by atoms with Crippen molar-refractivity contribution in [3.8, 4) is 0 Å². The lowest BCUT2D eigenvalue weighted by Crippen LogP contribution is -2.65. The molecule has 1 aliphatic carbocycles. The zero-order valence-electron chi connectivity index (χ0n) is 20.7. The maximum atomic E-state index is 13.4. The van der Waals surface area contributed by atoms with E-state index in [1.807, 2.05) is 32.0 Å². The van der Waals surface area contributed by atoms with Crippen LogP contribution in [0.15, 0.2) is 30.3 Å². The fourth-order valence-corrected chi connectivity index (χ4v) is 4.76. The number of benzene rings is 1. The van der Waals surface area contributed by atoms with Gasteiger partial charge in [0.2, 0.25) is 11.8 Å². The van der Waals surface area contributed by atoms with Gasteiger partial charge in [0.05, 0.1) is 6.54 Å². The summed E-state index contributed by atoms with van der Waals surface area (Å²) in [5, 5.41) is 8.43. The molecule has 10 nitrogen and oxygen atoms in total. The van der Waals surface area contributed by atoms with Crippen LogP contribution in [-0.4, -0.2) is 71.4 Å². The first-order valence-electron chi connectivity index (χ1n) is 12.5. The van der Waals surface area contributed by atoms with Gasteiger partial charge in [-0.05, 0) is 38.3 Å². The molecular formula is C25H38N6O4. The smallest absolute Gasteiger partial charge is 0.321 e. The van der Waals surface area contributed by atoms with Crippen LogP contribution < -0.4 is 21.7 Å². The van der Waals surface area contributed by atoms with Crippen LogP contribution in [0, 0.1) is 5.92 Å². The van der Waals surface area contributed by atoms with Gasteiger partial charge in [0.1, 0.15) is 12.1 Å². The number of carbonyl (C=O) groups is 4. The van der Waals surface area contributed by atoms with E-state index in [0.29, 0.717) is 18.0 Å². The molecule has 2 atom stereocenters. The molecular weight excluding hydrogens is 448 g/mol. The van der Waals surface area contributed by atoms with Crippen molar-refractivity contribution < 1.29 is 19.2 Å². The van der Waals surface area contributed by atoms with E-state index < -0.39 is 23.9 Å². The van der Waals surface area contributed by atoms with Crippen LogP contribution in [0.1, 0.15) is 52.4 Å². The maximum absolute atomic E-state index is 13.4. The Morgan fingerprint density at radius 2 is 1.66 bits per heavy atom. The summed E-state index contributed by atoms with van der Waals surface area (Å²) in [6.07, 6.45) is 5.93. The van der Waals surface area contributed by atoms with E-state index in [2.05, 4.69) is 16.0 Å². The zero-order valence-corrected chi connectivity index (χ0v) is 20.7. The molecule has 0 bridgehead atoms. The monoisotopic (exact) mass is 486 g/mol. The average molecular weight is 487 g/mol. The number of amides is 6. The molecule has 1 saturated heterocycles. The zero-order chi connectivity index (χ0) is 25.4. The maximum Gasteiger partial charge on any atom is 0.321 e. The van der Waals surface area contributed by atoms with E-state index in [9.17, 15) is 19.2 Å². The Morgan fingerprint density at radius 3 is 2.29 bits per heavy atom. The number of hydrogen-bond donors (Lipinski definition) is 4. The molecule has 35 heavy (non-hydrogen) atoms. The van der Waals surface area contributed by atoms with Crippen molar-refractivity contribution in [2.45, 2.75) is 70.5 Å². The molecule has 5 N–H and O–H groups in total. The Kier molecular flexibility index (Phi) is 9.33. The van der Waals surface area contributed by atoms with Crippen LogP contribution in [0.5, 0.6) is 0 Å². The van der Waals surface area contributed by atoms with Gasteiger partial charge in [0.15, 0.2) is 0 Å². The summed E-state index contributed by atoms with van der Waals surface area (Å²) in [4.78, 5) is 54.2. The molecule has 2 unspecified atom stereocenters. The number of carbonyl (C=O) groups excluding carboxylic acids is 4. The molecule has 1 saturated carbocycles. The van der Waals surface area contributed by atoms with E-state index in [1.54, 1.807) is 12.1 Å². The molecule has 1 aromatic rings. The summed E-state index contributed by atoms with van der Waals surface area (Å²) < 4.78 is 0. The number of nitrogens with two attached hydrogens (primary N) is 1. The summed E-state index contributed by atoms with van der Waals surface area (Å²) in [6, 6.07) is 6.42. The van der Waals surface area contributed by atoms with Gasteiger partial charge in [0.25, 0.3) is 0 Å². The van der Waals surface area contributed by atoms with Gasteiger partial charge in [0, 0.05) is 24.8 Å². The van der Waals surface area contributed by atoms with Crippen molar-refractivity contribution >= 4 is 29.6 Å². The SMILES string of the molecule is CC(C)NC(=O)N1CCN(C(=O)Nc2ccccc2)CC1C(=O)NC(CC1CCCCC1)C(N)=O. The average Bonchev–Trinajstić information content (AvgIpc) is 2.84. The molecule has 2 aliphatic rings. The number of rotatable bonds is 7. The number of primary amides is 1. The Balaban J connectivity index is 1.72. The molecule has 1 aliphatic heterocycles. The van der Waals surface area contributed by atoms with Gasteiger partial charge in [-0.25, -0.2) is 9.59 Å². The molecule has 0 aromatic heterocycles. The molecule has 6 amide bonds. The standard InChI is InChI=1S/C25H38N6O4/c1-17(2)27-25(35)31-14-13-30(24(34)28-19-11-7-4-8-12-19)16-21(31)23(33)29-20(22(26)32)15-18-9-5-3-6-10-18/h4,7-8,11-12,17-18,20-21H,3,5-6,9-10,13-16H2,1-2H3,(H2,26,32)(H,27,35)(H,28,34)(H,29,33). The third-order valence-corrected chi connectivity index (χ3v) is 6.62. The third kappa shape index (κ3) is 7.60. The topological polar surface area (TPSA) is 137 Å². The van der Waals surface area contributed by atoms with Crippen LogP contribution in [-0.2, 0) is 9.59 Å². The highest BCUT2D eigenvalue weighted by molar-refractivity contribution is 5.94. The number of anilines is 1. The summed E-state index contributed by atoms with van der Waals surface area (Å²) in [6.45, 7) is 4.14. The predicted octanol–water partition coefficient (Wildman–Crippen LogP) is 2.26. The molecule has 1 aromatic carbocycles. The van der Waals surface area contributed by atoms with Crippen molar-refractivity contribution in [3.63, 3.8) is 0 Å². The van der Waals surface area contributed by atoms with Gasteiger partial charge >= 0.3 is 12.1 Å². The number of hydrogen-bond acceptors (Lipinski definition) is 4. The highest BCUT2D eigenvalue weighted by atomic mass is 16.2. The lowest BCUT2D eigenvalue weighted by Gasteiger charge is -2.41. The minimum atomic E-state index is -0.947. The lowest BCUT2D eigenvalue weighted by molar-refractivity contribution is -0.131. The summed E-state index contributed by atoms with van der Waals surface area (Å²) >= 11 is 0. The minimum absolute atomic E-state index is 0.00489. The number of nitrogens with one attached hydrogen (secondary N) is 3. The molecule has 1 heterocycles. The highest BCUT2D eigenvalue weighted by Gasteiger charge is 2.38. The van der Waals surface area contributed by atoms with Crippen molar-refractivity contribution in [2.75, 3.05) is 25.0 Å². The van der Waals surface area contributed by atoms with Gasteiger partial charge in [-0.3, -0.25) is 9.59 Å². The first-order valence-corrected chi connectivity index (χ1v) is 12.5. The third-order valence-electron chi connectivity index (χ3n) is 6.62. The molecule has 2 fully saturated rings. The fourth-order valence-electron chi connectivity index (χ4n) is 4.76. The second kappa shape index (κ2) is 12.4. The van der Waals surface area contributed by atoms with Crippen molar-refractivity contribution in [1.29, 1.82) is 0 Å². The van der Waals surface area contributed by atoms with E-state index >= 15 is 0 Å². The first-order chi connectivity index (χ1) is 16.7. The van der Waals surface area contributed by atoms with Gasteiger partial charge < -0.3 is 31.5 Å². The van der Waals surface area contributed by atoms with Crippen molar-refractivity contribution in [1.82, 2.24) is 20.4 Å². The summed E-state index contributed by atoms with van der Waals surface area (Å²) in [5.74, 6) is -0.737. The van der Waals surface area contributed by atoms with Crippen LogP contribution in [0.3, 0.4) is 0 Å². The second-order valence-corrected chi connectivity index (χ2v) is 9.76. The lowest BCUT2D eigenvalue weighted by atomic mass is 9.84. The Labute approximate surface area is 207 Å². The largest absolute Gasteiger partial charge is 0.368 e. The van der Waals surface area contributed by atoms with Gasteiger partial charge in [-0.1, -0.05) is 50.3 Å². The number of piperazine rings is 1. The number of para-hydroxylation sites is 1. The Morgan fingerprint density at radius 1 is 0.971 bits per heavy atom. The molecule has 3 rings (SSSR count). The number of nitrogens with zero attached hydrogens (tertiary/aromatic N) is 2. The molecule has 0 radical (unpaired) electrons. The van der Waals surface area contributed by atoms with E-state index in [1.165, 1.54) is 16.2 Å². The quantitative estimate of drug-likeness (QED) is 0.470. The van der Waals surface area contributed by atoms with Crippen molar-refractivity contribution in [2.24, 2.45) is 11.7 Å². The molecule has 0 spiro atoms. The van der Waals surface area contributed by atoms with Crippen LogP contribution in [0.25, 0.3) is 0 Å². The fraction of sp³-hybridized carbons (Fsp3) is 0.600. The summed E-state index contributed by atoms with van der Waals surface area (Å²) in [7, 11) is 0. The highest BCUT2D eigenvalue weighted by Crippen LogP contribution is 2.27. The minimum Gasteiger partial charge on any atom is -0.368 e. The van der Waals surface area contributed by atoms with Gasteiger partial charge in [-0.15, -0.1) is 0 Å². The van der Waals surface area contributed by atoms with Crippen LogP contribution in [0.2, 0.25) is 0 Å². The van der Waals surface area contributed by atoms with E-state index in [0.717, 1.165) is 25.7 Å². The Bertz CT molecular complexity index is 887. The number of urea groups is 2. The first kappa shape index (κ1) is 26.3. The second-order valence-electron chi connectivity index (χ2n) is 9.76. The van der Waals surface area contributed by atoms with Crippen LogP contribution in [0.4, 0.5) is 15.3 Å². The molecule has 10 heteroatoms. The van der Waals surface area contributed by atoms with E-state index in [-0.39, 0.29) is 37.7 Å².